The van der Waals surface area contributed by atoms with Crippen molar-refractivity contribution in [2.45, 2.75) is 13.0 Å². The molecule has 0 spiro atoms. The minimum Gasteiger partial charge on any atom is -0.313 e. The van der Waals surface area contributed by atoms with E-state index >= 15 is 0 Å². The Balaban J connectivity index is 0.00000245. The van der Waals surface area contributed by atoms with Crippen LogP contribution in [0.4, 0.5) is 10.7 Å². The van der Waals surface area contributed by atoms with Gasteiger partial charge in [-0.3, -0.25) is 14.9 Å². The summed E-state index contributed by atoms with van der Waals surface area (Å²) in [4.78, 5) is 31.7. The van der Waals surface area contributed by atoms with Crippen LogP contribution in [0.3, 0.4) is 0 Å². The third-order valence-corrected chi connectivity index (χ3v) is 7.51. The molecule has 164 valence electrons. The first-order valence-electron chi connectivity index (χ1n) is 9.74. The Kier molecular flexibility index (Phi) is 6.25. The monoisotopic (exact) mass is 486 g/mol. The summed E-state index contributed by atoms with van der Waals surface area (Å²) in [6.45, 7) is 1.79. The van der Waals surface area contributed by atoms with Gasteiger partial charge in [0, 0.05) is 41.2 Å². The molecule has 5 rings (SSSR count). The van der Waals surface area contributed by atoms with Crippen LogP contribution in [0, 0.1) is 10.1 Å². The van der Waals surface area contributed by atoms with Gasteiger partial charge in [-0.15, -0.1) is 35.1 Å². The van der Waals surface area contributed by atoms with E-state index in [1.165, 1.54) is 34.7 Å². The van der Waals surface area contributed by atoms with E-state index < -0.39 is 4.92 Å². The van der Waals surface area contributed by atoms with Gasteiger partial charge < -0.3 is 10.2 Å². The molecule has 0 saturated carbocycles. The lowest BCUT2D eigenvalue weighted by atomic mass is 10.0. The zero-order chi connectivity index (χ0) is 21.5. The van der Waals surface area contributed by atoms with Gasteiger partial charge in [-0.25, -0.2) is 4.98 Å². The average molecular weight is 487 g/mol. The summed E-state index contributed by atoms with van der Waals surface area (Å²) < 4.78 is 1.11. The van der Waals surface area contributed by atoms with E-state index in [0.29, 0.717) is 5.56 Å². The molecular formula is C22H19ClN4O3S2. The maximum absolute atomic E-state index is 12.9. The van der Waals surface area contributed by atoms with Crippen LogP contribution in [0.25, 0.3) is 20.8 Å². The quantitative estimate of drug-likeness (QED) is 0.300. The van der Waals surface area contributed by atoms with E-state index in [-0.39, 0.29) is 24.0 Å². The van der Waals surface area contributed by atoms with Crippen molar-refractivity contribution in [3.63, 3.8) is 0 Å². The van der Waals surface area contributed by atoms with Crippen molar-refractivity contribution in [3.8, 4) is 10.6 Å². The maximum atomic E-state index is 12.9. The van der Waals surface area contributed by atoms with Crippen molar-refractivity contribution in [1.29, 1.82) is 0 Å². The number of fused-ring (bicyclic) bond motifs is 2. The minimum atomic E-state index is -0.475. The molecule has 10 heteroatoms. The number of benzene rings is 2. The van der Waals surface area contributed by atoms with Crippen molar-refractivity contribution in [2.24, 2.45) is 0 Å². The Labute approximate surface area is 198 Å². The SMILES string of the molecule is CN1CCc2c(sc(NC(=O)c3ccc([N+](=O)[O-])cc3)c2-c2nc3ccccc3s2)C1.Cl. The average Bonchev–Trinajstić information content (AvgIpc) is 3.33. The lowest BCUT2D eigenvalue weighted by Crippen LogP contribution is -2.25. The van der Waals surface area contributed by atoms with Crippen molar-refractivity contribution in [2.75, 3.05) is 18.9 Å². The van der Waals surface area contributed by atoms with Gasteiger partial charge in [0.1, 0.15) is 10.0 Å². The zero-order valence-corrected chi connectivity index (χ0v) is 19.5. The number of halogens is 1. The summed E-state index contributed by atoms with van der Waals surface area (Å²) in [5, 5.41) is 15.6. The largest absolute Gasteiger partial charge is 0.313 e. The molecule has 0 fully saturated rings. The fraction of sp³-hybridized carbons (Fsp3) is 0.182. The van der Waals surface area contributed by atoms with Crippen LogP contribution in [0.15, 0.2) is 48.5 Å². The van der Waals surface area contributed by atoms with Gasteiger partial charge in [-0.05, 0) is 43.3 Å². The van der Waals surface area contributed by atoms with Crippen molar-refractivity contribution < 1.29 is 9.72 Å². The fourth-order valence-corrected chi connectivity index (χ4v) is 6.17. The number of nitro groups is 1. The number of rotatable bonds is 4. The normalized spacial score (nSPS) is 13.4. The molecule has 3 heterocycles. The number of thiophene rings is 1. The number of carbonyl (C=O) groups excluding carboxylic acids is 1. The predicted octanol–water partition coefficient (Wildman–Crippen LogP) is 5.60. The highest BCUT2D eigenvalue weighted by atomic mass is 35.5. The van der Waals surface area contributed by atoms with Gasteiger partial charge in [-0.1, -0.05) is 12.1 Å². The third-order valence-electron chi connectivity index (χ3n) is 5.32. The van der Waals surface area contributed by atoms with Crippen molar-refractivity contribution in [1.82, 2.24) is 9.88 Å². The number of nitro benzene ring substituents is 1. The summed E-state index contributed by atoms with van der Waals surface area (Å²) in [6, 6.07) is 13.7. The summed E-state index contributed by atoms with van der Waals surface area (Å²) in [5.41, 5.74) is 3.54. The smallest absolute Gasteiger partial charge is 0.269 e. The van der Waals surface area contributed by atoms with E-state index in [0.717, 1.165) is 45.3 Å². The van der Waals surface area contributed by atoms with E-state index in [9.17, 15) is 14.9 Å². The summed E-state index contributed by atoms with van der Waals surface area (Å²) in [7, 11) is 2.09. The molecule has 1 amide bonds. The van der Waals surface area contributed by atoms with Crippen molar-refractivity contribution >= 4 is 61.9 Å². The number of carbonyl (C=O) groups is 1. The first-order valence-corrected chi connectivity index (χ1v) is 11.4. The van der Waals surface area contributed by atoms with E-state index in [1.807, 2.05) is 18.2 Å². The van der Waals surface area contributed by atoms with Crippen LogP contribution < -0.4 is 5.32 Å². The van der Waals surface area contributed by atoms with Crippen LogP contribution in [0.5, 0.6) is 0 Å². The molecule has 0 atom stereocenters. The first-order chi connectivity index (χ1) is 15.0. The van der Waals surface area contributed by atoms with Gasteiger partial charge in [0.15, 0.2) is 0 Å². The molecule has 2 aromatic heterocycles. The van der Waals surface area contributed by atoms with Crippen molar-refractivity contribution in [3.05, 3.63) is 74.6 Å². The molecule has 0 aliphatic carbocycles. The van der Waals surface area contributed by atoms with Crippen LogP contribution in [-0.4, -0.2) is 34.3 Å². The maximum Gasteiger partial charge on any atom is 0.269 e. The minimum absolute atomic E-state index is 0. The lowest BCUT2D eigenvalue weighted by Gasteiger charge is -2.22. The number of anilines is 1. The molecule has 1 aliphatic heterocycles. The van der Waals surface area contributed by atoms with Gasteiger partial charge in [-0.2, -0.15) is 0 Å². The molecule has 0 saturated heterocycles. The topological polar surface area (TPSA) is 88.4 Å². The fourth-order valence-electron chi connectivity index (χ4n) is 3.73. The number of likely N-dealkylation sites (N-methyl/N-ethyl adjacent to an activating group) is 1. The number of nitrogens with one attached hydrogen (secondary N) is 1. The molecule has 0 unspecified atom stereocenters. The Bertz CT molecular complexity index is 1280. The molecule has 1 aliphatic rings. The molecule has 0 bridgehead atoms. The van der Waals surface area contributed by atoms with Crippen LogP contribution in [-0.2, 0) is 13.0 Å². The molecule has 2 aromatic carbocycles. The number of aromatic nitrogens is 1. The molecule has 1 N–H and O–H groups in total. The van der Waals surface area contributed by atoms with Crippen LogP contribution in [0.2, 0.25) is 0 Å². The second kappa shape index (κ2) is 8.95. The Hall–Kier alpha value is -2.85. The third kappa shape index (κ3) is 4.12. The Morgan fingerprint density at radius 3 is 2.62 bits per heavy atom. The van der Waals surface area contributed by atoms with E-state index in [2.05, 4.69) is 23.3 Å². The number of nitrogens with zero attached hydrogens (tertiary/aromatic N) is 3. The highest BCUT2D eigenvalue weighted by Crippen LogP contribution is 2.45. The zero-order valence-electron chi connectivity index (χ0n) is 17.0. The first kappa shape index (κ1) is 22.3. The predicted molar refractivity (Wildman–Crippen MR) is 131 cm³/mol. The summed E-state index contributed by atoms with van der Waals surface area (Å²) >= 11 is 3.21. The van der Waals surface area contributed by atoms with Gasteiger partial charge >= 0.3 is 0 Å². The molecular weight excluding hydrogens is 468 g/mol. The van der Waals surface area contributed by atoms with Crippen LogP contribution in [0.1, 0.15) is 20.8 Å². The van der Waals surface area contributed by atoms with Gasteiger partial charge in [0.05, 0.1) is 15.1 Å². The second-order valence-corrected chi connectivity index (χ2v) is 9.58. The van der Waals surface area contributed by atoms with Gasteiger partial charge in [0.25, 0.3) is 11.6 Å². The highest BCUT2D eigenvalue weighted by molar-refractivity contribution is 7.23. The standard InChI is InChI=1S/C22H18N4O3S2.ClH/c1-25-11-10-15-18(12-25)31-22(19(15)21-23-16-4-2-3-5-17(16)30-21)24-20(27)13-6-8-14(9-7-13)26(28)29;/h2-9H,10-12H2,1H3,(H,24,27);1H. The number of hydrogen-bond donors (Lipinski definition) is 1. The number of para-hydroxylation sites is 1. The Morgan fingerprint density at radius 1 is 1.16 bits per heavy atom. The van der Waals surface area contributed by atoms with E-state index in [4.69, 9.17) is 4.98 Å². The van der Waals surface area contributed by atoms with E-state index in [1.54, 1.807) is 22.7 Å². The number of amides is 1. The van der Waals surface area contributed by atoms with Crippen LogP contribution >= 0.6 is 35.1 Å². The second-order valence-electron chi connectivity index (χ2n) is 7.44. The molecule has 7 nitrogen and oxygen atoms in total. The highest BCUT2D eigenvalue weighted by Gasteiger charge is 2.27. The number of non-ortho nitro benzene ring substituents is 1. The Morgan fingerprint density at radius 2 is 1.91 bits per heavy atom. The molecule has 0 radical (unpaired) electrons. The molecule has 32 heavy (non-hydrogen) atoms. The summed E-state index contributed by atoms with van der Waals surface area (Å²) in [5.74, 6) is -0.288. The molecule has 4 aromatic rings. The van der Waals surface area contributed by atoms with Gasteiger partial charge in [0.2, 0.25) is 0 Å². The summed E-state index contributed by atoms with van der Waals surface area (Å²) in [6.07, 6.45) is 0.904. The lowest BCUT2D eigenvalue weighted by molar-refractivity contribution is -0.384. The number of thiazole rings is 1. The number of hydrogen-bond acceptors (Lipinski definition) is 7.